The summed E-state index contributed by atoms with van der Waals surface area (Å²) in [6, 6.07) is 18.6. The van der Waals surface area contributed by atoms with Gasteiger partial charge in [0.15, 0.2) is 0 Å². The van der Waals surface area contributed by atoms with Crippen LogP contribution in [0.3, 0.4) is 0 Å². The predicted octanol–water partition coefficient (Wildman–Crippen LogP) is 3.47. The monoisotopic (exact) mass is 355 g/mol. The van der Waals surface area contributed by atoms with Crippen molar-refractivity contribution in [3.63, 3.8) is 0 Å². The van der Waals surface area contributed by atoms with E-state index in [1.165, 1.54) is 0 Å². The van der Waals surface area contributed by atoms with E-state index in [0.717, 1.165) is 16.3 Å². The van der Waals surface area contributed by atoms with Gasteiger partial charge >= 0.3 is 0 Å². The van der Waals surface area contributed by atoms with Gasteiger partial charge in [-0.2, -0.15) is 0 Å². The lowest BCUT2D eigenvalue weighted by molar-refractivity contribution is 0.183. The average molecular weight is 355 g/mol. The third kappa shape index (κ3) is 3.74. The smallest absolute Gasteiger partial charge is 0.240 e. The summed E-state index contributed by atoms with van der Waals surface area (Å²) in [4.78, 5) is 0.239. The van der Waals surface area contributed by atoms with Gasteiger partial charge in [0, 0.05) is 6.54 Å². The summed E-state index contributed by atoms with van der Waals surface area (Å²) < 4.78 is 27.6. The van der Waals surface area contributed by atoms with Gasteiger partial charge in [-0.05, 0) is 41.8 Å². The summed E-state index contributed by atoms with van der Waals surface area (Å²) in [5.74, 6) is 0. The minimum Gasteiger partial charge on any atom is -0.387 e. The second kappa shape index (κ2) is 6.96. The highest BCUT2D eigenvalue weighted by Gasteiger charge is 2.19. The Morgan fingerprint density at radius 2 is 1.72 bits per heavy atom. The Morgan fingerprint density at radius 1 is 1.00 bits per heavy atom. The fraction of sp³-hybridized carbons (Fsp3) is 0.200. The maximum Gasteiger partial charge on any atom is 0.240 e. The van der Waals surface area contributed by atoms with Crippen LogP contribution in [0.4, 0.5) is 0 Å². The van der Waals surface area contributed by atoms with Crippen LogP contribution >= 0.6 is 0 Å². The van der Waals surface area contributed by atoms with E-state index in [4.69, 9.17) is 0 Å². The Hall–Kier alpha value is -2.21. The van der Waals surface area contributed by atoms with E-state index >= 15 is 0 Å². The Bertz CT molecular complexity index is 1010. The lowest BCUT2D eigenvalue weighted by atomic mass is 10.0. The zero-order chi connectivity index (χ0) is 18.0. The van der Waals surface area contributed by atoms with Crippen LogP contribution in [0, 0.1) is 13.8 Å². The summed E-state index contributed by atoms with van der Waals surface area (Å²) in [5, 5.41) is 12.4. The van der Waals surface area contributed by atoms with Gasteiger partial charge in [0.05, 0.1) is 11.0 Å². The summed E-state index contributed by atoms with van der Waals surface area (Å²) in [5.41, 5.74) is 2.40. The molecule has 0 saturated carbocycles. The molecule has 2 N–H and O–H groups in total. The maximum atomic E-state index is 12.5. The molecule has 0 radical (unpaired) electrons. The van der Waals surface area contributed by atoms with Crippen molar-refractivity contribution in [1.82, 2.24) is 4.72 Å². The third-order valence-electron chi connectivity index (χ3n) is 4.27. The third-order valence-corrected chi connectivity index (χ3v) is 5.85. The molecule has 3 rings (SSSR count). The van der Waals surface area contributed by atoms with Gasteiger partial charge in [-0.1, -0.05) is 60.2 Å². The van der Waals surface area contributed by atoms with E-state index in [1.807, 2.05) is 55.5 Å². The highest BCUT2D eigenvalue weighted by Crippen LogP contribution is 2.24. The molecule has 0 aromatic heterocycles. The number of hydrogen-bond acceptors (Lipinski definition) is 3. The number of sulfonamides is 1. The van der Waals surface area contributed by atoms with Gasteiger partial charge in [-0.25, -0.2) is 13.1 Å². The largest absolute Gasteiger partial charge is 0.387 e. The molecule has 1 unspecified atom stereocenters. The van der Waals surface area contributed by atoms with E-state index in [-0.39, 0.29) is 11.4 Å². The van der Waals surface area contributed by atoms with Crippen LogP contribution in [0.1, 0.15) is 22.8 Å². The van der Waals surface area contributed by atoms with Crippen LogP contribution in [-0.2, 0) is 10.0 Å². The number of aryl methyl sites for hydroxylation is 2. The first-order valence-electron chi connectivity index (χ1n) is 8.11. The van der Waals surface area contributed by atoms with Crippen molar-refractivity contribution in [2.45, 2.75) is 24.8 Å². The van der Waals surface area contributed by atoms with Gasteiger partial charge in [0.2, 0.25) is 10.0 Å². The molecule has 0 fully saturated rings. The molecule has 0 bridgehead atoms. The second-order valence-corrected chi connectivity index (χ2v) is 7.94. The molecule has 3 aromatic rings. The minimum atomic E-state index is -3.67. The molecule has 0 aliphatic rings. The summed E-state index contributed by atoms with van der Waals surface area (Å²) in [7, 11) is -3.67. The fourth-order valence-corrected chi connectivity index (χ4v) is 4.28. The summed E-state index contributed by atoms with van der Waals surface area (Å²) in [6.07, 6.45) is -0.924. The molecule has 0 amide bonds. The number of aliphatic hydroxyl groups excluding tert-OH is 1. The van der Waals surface area contributed by atoms with Crippen LogP contribution < -0.4 is 4.72 Å². The van der Waals surface area contributed by atoms with E-state index < -0.39 is 16.1 Å². The van der Waals surface area contributed by atoms with Gasteiger partial charge in [0.1, 0.15) is 0 Å². The molecule has 0 aliphatic carbocycles. The maximum absolute atomic E-state index is 12.5. The highest BCUT2D eigenvalue weighted by atomic mass is 32.2. The standard InChI is InChI=1S/C20H21NO3S/c1-14-10-11-20(15(2)12-14)25(23,24)21-13-19(22)18-9-5-7-16-6-3-4-8-17(16)18/h3-12,19,21-22H,13H2,1-2H3. The molecule has 4 nitrogen and oxygen atoms in total. The molecular formula is C20H21NO3S. The van der Waals surface area contributed by atoms with E-state index in [1.54, 1.807) is 19.1 Å². The Morgan fingerprint density at radius 3 is 2.48 bits per heavy atom. The molecule has 0 heterocycles. The molecule has 25 heavy (non-hydrogen) atoms. The quantitative estimate of drug-likeness (QED) is 0.736. The first kappa shape index (κ1) is 17.6. The molecule has 0 aliphatic heterocycles. The number of nitrogens with one attached hydrogen (secondary N) is 1. The summed E-state index contributed by atoms with van der Waals surface area (Å²) >= 11 is 0. The highest BCUT2D eigenvalue weighted by molar-refractivity contribution is 7.89. The number of benzene rings is 3. The predicted molar refractivity (Wildman–Crippen MR) is 100 cm³/mol. The molecular weight excluding hydrogens is 334 g/mol. The molecule has 0 saturated heterocycles. The van der Waals surface area contributed by atoms with Crippen molar-refractivity contribution < 1.29 is 13.5 Å². The molecule has 1 atom stereocenters. The molecule has 3 aromatic carbocycles. The lowest BCUT2D eigenvalue weighted by Crippen LogP contribution is -2.29. The zero-order valence-electron chi connectivity index (χ0n) is 14.2. The topological polar surface area (TPSA) is 66.4 Å². The van der Waals surface area contributed by atoms with Crippen molar-refractivity contribution in [2.75, 3.05) is 6.54 Å². The van der Waals surface area contributed by atoms with Crippen LogP contribution in [-0.4, -0.2) is 20.1 Å². The normalized spacial score (nSPS) is 13.1. The van der Waals surface area contributed by atoms with E-state index in [0.29, 0.717) is 11.1 Å². The van der Waals surface area contributed by atoms with Crippen LogP contribution in [0.2, 0.25) is 0 Å². The molecule has 0 spiro atoms. The van der Waals surface area contributed by atoms with Crippen LogP contribution in [0.25, 0.3) is 10.8 Å². The van der Waals surface area contributed by atoms with Gasteiger partial charge in [-0.3, -0.25) is 0 Å². The van der Waals surface area contributed by atoms with Crippen molar-refractivity contribution in [1.29, 1.82) is 0 Å². The number of hydrogen-bond donors (Lipinski definition) is 2. The van der Waals surface area contributed by atoms with E-state index in [9.17, 15) is 13.5 Å². The number of fused-ring (bicyclic) bond motifs is 1. The van der Waals surface area contributed by atoms with Gasteiger partial charge < -0.3 is 5.11 Å². The number of rotatable bonds is 5. The van der Waals surface area contributed by atoms with E-state index in [2.05, 4.69) is 4.72 Å². The minimum absolute atomic E-state index is 0.0797. The second-order valence-electron chi connectivity index (χ2n) is 6.21. The molecule has 5 heteroatoms. The fourth-order valence-electron chi connectivity index (χ4n) is 3.02. The lowest BCUT2D eigenvalue weighted by Gasteiger charge is -2.16. The van der Waals surface area contributed by atoms with Gasteiger partial charge in [-0.15, -0.1) is 0 Å². The Balaban J connectivity index is 1.82. The van der Waals surface area contributed by atoms with Crippen molar-refractivity contribution in [3.8, 4) is 0 Å². The Labute approximate surface area is 148 Å². The average Bonchev–Trinajstić information content (AvgIpc) is 2.59. The first-order valence-corrected chi connectivity index (χ1v) is 9.59. The van der Waals surface area contributed by atoms with Gasteiger partial charge in [0.25, 0.3) is 0 Å². The van der Waals surface area contributed by atoms with Crippen molar-refractivity contribution in [2.24, 2.45) is 0 Å². The van der Waals surface area contributed by atoms with Crippen molar-refractivity contribution in [3.05, 3.63) is 77.4 Å². The van der Waals surface area contributed by atoms with Crippen molar-refractivity contribution >= 4 is 20.8 Å². The SMILES string of the molecule is Cc1ccc(S(=O)(=O)NCC(O)c2cccc3ccccc23)c(C)c1. The molecule has 130 valence electrons. The number of aliphatic hydroxyl groups is 1. The van der Waals surface area contributed by atoms with Crippen LogP contribution in [0.5, 0.6) is 0 Å². The van der Waals surface area contributed by atoms with Crippen LogP contribution in [0.15, 0.2) is 65.6 Å². The zero-order valence-corrected chi connectivity index (χ0v) is 15.0. The summed E-state index contributed by atoms with van der Waals surface area (Å²) in [6.45, 7) is 3.60. The first-order chi connectivity index (χ1) is 11.9. The Kier molecular flexibility index (Phi) is 4.90.